The van der Waals surface area contributed by atoms with Gasteiger partial charge in [0.25, 0.3) is 0 Å². The monoisotopic (exact) mass is 437 g/mol. The van der Waals surface area contributed by atoms with E-state index in [0.717, 1.165) is 18.7 Å². The third kappa shape index (κ3) is 8.26. The van der Waals surface area contributed by atoms with Crippen molar-refractivity contribution in [2.45, 2.75) is 38.8 Å². The van der Waals surface area contributed by atoms with Gasteiger partial charge in [-0.2, -0.15) is 0 Å². The van der Waals surface area contributed by atoms with Crippen molar-refractivity contribution in [3.8, 4) is 11.5 Å². The number of hydrogen-bond donors (Lipinski definition) is 2. The highest BCUT2D eigenvalue weighted by atomic mass is 16.6. The summed E-state index contributed by atoms with van der Waals surface area (Å²) in [5, 5.41) is 5.58. The average molecular weight is 438 g/mol. The van der Waals surface area contributed by atoms with Gasteiger partial charge in [0, 0.05) is 32.6 Å². The van der Waals surface area contributed by atoms with Gasteiger partial charge < -0.3 is 29.6 Å². The number of methoxy groups -OCH3 is 2. The number of nitrogens with one attached hydrogen (secondary N) is 2. The Morgan fingerprint density at radius 1 is 1.10 bits per heavy atom. The van der Waals surface area contributed by atoms with Crippen LogP contribution >= 0.6 is 0 Å². The van der Waals surface area contributed by atoms with Gasteiger partial charge in [0.1, 0.15) is 5.60 Å². The van der Waals surface area contributed by atoms with Crippen molar-refractivity contribution in [2.75, 3.05) is 53.6 Å². The molecule has 1 aliphatic rings. The molecule has 1 saturated heterocycles. The Hall–Kier alpha value is -2.52. The van der Waals surface area contributed by atoms with Crippen molar-refractivity contribution in [2.24, 2.45) is 0 Å². The molecule has 1 aromatic carbocycles. The SMILES string of the molecule is COc1ccc([C@H](CNC(=O)CCNC(=O)OC(C)(C)C)N2CCOCC2)cc1OC. The number of nitrogens with zero attached hydrogens (tertiary/aromatic N) is 1. The van der Waals surface area contributed by atoms with Gasteiger partial charge in [-0.3, -0.25) is 9.69 Å². The van der Waals surface area contributed by atoms with Crippen molar-refractivity contribution in [1.82, 2.24) is 15.5 Å². The summed E-state index contributed by atoms with van der Waals surface area (Å²) < 4.78 is 21.4. The molecule has 9 heteroatoms. The fraction of sp³-hybridized carbons (Fsp3) is 0.636. The minimum Gasteiger partial charge on any atom is -0.493 e. The topological polar surface area (TPSA) is 98.4 Å². The molecule has 2 N–H and O–H groups in total. The van der Waals surface area contributed by atoms with Crippen molar-refractivity contribution in [1.29, 1.82) is 0 Å². The van der Waals surface area contributed by atoms with Crippen LogP contribution in [0.25, 0.3) is 0 Å². The van der Waals surface area contributed by atoms with Crippen LogP contribution in [0.3, 0.4) is 0 Å². The molecule has 1 atom stereocenters. The van der Waals surface area contributed by atoms with Crippen molar-refractivity contribution >= 4 is 12.0 Å². The van der Waals surface area contributed by atoms with Crippen LogP contribution in [-0.2, 0) is 14.3 Å². The Morgan fingerprint density at radius 3 is 2.39 bits per heavy atom. The van der Waals surface area contributed by atoms with Gasteiger partial charge >= 0.3 is 6.09 Å². The lowest BCUT2D eigenvalue weighted by Gasteiger charge is -2.35. The number of morpholine rings is 1. The van der Waals surface area contributed by atoms with Crippen LogP contribution in [0.5, 0.6) is 11.5 Å². The second-order valence-electron chi connectivity index (χ2n) is 8.26. The fourth-order valence-electron chi connectivity index (χ4n) is 3.30. The van der Waals surface area contributed by atoms with E-state index in [9.17, 15) is 9.59 Å². The number of benzene rings is 1. The highest BCUT2D eigenvalue weighted by Gasteiger charge is 2.24. The smallest absolute Gasteiger partial charge is 0.407 e. The van der Waals surface area contributed by atoms with E-state index >= 15 is 0 Å². The zero-order chi connectivity index (χ0) is 22.9. The molecule has 9 nitrogen and oxygen atoms in total. The van der Waals surface area contributed by atoms with E-state index in [-0.39, 0.29) is 24.9 Å². The van der Waals surface area contributed by atoms with Gasteiger partial charge in [0.2, 0.25) is 5.91 Å². The Kier molecular flexibility index (Phi) is 9.39. The zero-order valence-corrected chi connectivity index (χ0v) is 19.2. The summed E-state index contributed by atoms with van der Waals surface area (Å²) in [6.45, 7) is 8.86. The van der Waals surface area contributed by atoms with E-state index in [1.807, 2.05) is 18.2 Å². The fourth-order valence-corrected chi connectivity index (χ4v) is 3.30. The second kappa shape index (κ2) is 11.8. The molecule has 1 fully saturated rings. The predicted molar refractivity (Wildman–Crippen MR) is 117 cm³/mol. The first-order valence-electron chi connectivity index (χ1n) is 10.5. The molecule has 1 aliphatic heterocycles. The molecule has 174 valence electrons. The summed E-state index contributed by atoms with van der Waals surface area (Å²) in [5.41, 5.74) is 0.448. The first-order valence-corrected chi connectivity index (χ1v) is 10.5. The van der Waals surface area contributed by atoms with E-state index in [1.54, 1.807) is 35.0 Å². The molecule has 2 amide bonds. The van der Waals surface area contributed by atoms with Crippen LogP contribution in [0, 0.1) is 0 Å². The van der Waals surface area contributed by atoms with Gasteiger partial charge in [-0.15, -0.1) is 0 Å². The van der Waals surface area contributed by atoms with Crippen LogP contribution < -0.4 is 20.1 Å². The van der Waals surface area contributed by atoms with E-state index in [4.69, 9.17) is 18.9 Å². The largest absolute Gasteiger partial charge is 0.493 e. The minimum absolute atomic E-state index is 0.0357. The summed E-state index contributed by atoms with van der Waals surface area (Å²) in [7, 11) is 3.20. The van der Waals surface area contributed by atoms with Gasteiger partial charge in [-0.25, -0.2) is 4.79 Å². The predicted octanol–water partition coefficient (Wildman–Crippen LogP) is 2.11. The molecule has 2 rings (SSSR count). The van der Waals surface area contributed by atoms with Crippen LogP contribution in [0.1, 0.15) is 38.8 Å². The maximum absolute atomic E-state index is 12.4. The van der Waals surface area contributed by atoms with E-state index in [1.165, 1.54) is 0 Å². The summed E-state index contributed by atoms with van der Waals surface area (Å²) in [4.78, 5) is 26.3. The van der Waals surface area contributed by atoms with Crippen LogP contribution in [0.4, 0.5) is 4.79 Å². The van der Waals surface area contributed by atoms with E-state index in [2.05, 4.69) is 15.5 Å². The van der Waals surface area contributed by atoms with Crippen LogP contribution in [0.15, 0.2) is 18.2 Å². The minimum atomic E-state index is -0.572. The lowest BCUT2D eigenvalue weighted by Crippen LogP contribution is -2.44. The Bertz CT molecular complexity index is 728. The molecule has 0 unspecified atom stereocenters. The van der Waals surface area contributed by atoms with Gasteiger partial charge in [0.05, 0.1) is 33.5 Å². The van der Waals surface area contributed by atoms with Gasteiger partial charge in [-0.05, 0) is 38.5 Å². The third-order valence-corrected chi connectivity index (χ3v) is 4.79. The maximum Gasteiger partial charge on any atom is 0.407 e. The zero-order valence-electron chi connectivity index (χ0n) is 19.2. The lowest BCUT2D eigenvalue weighted by atomic mass is 10.0. The first kappa shape index (κ1) is 24.7. The molecule has 0 aromatic heterocycles. The number of hydrogen-bond acceptors (Lipinski definition) is 7. The average Bonchev–Trinajstić information content (AvgIpc) is 2.73. The molecule has 31 heavy (non-hydrogen) atoms. The maximum atomic E-state index is 12.4. The Morgan fingerprint density at radius 2 is 1.77 bits per heavy atom. The van der Waals surface area contributed by atoms with E-state index < -0.39 is 11.7 Å². The van der Waals surface area contributed by atoms with Gasteiger partial charge in [0.15, 0.2) is 11.5 Å². The van der Waals surface area contributed by atoms with Crippen LogP contribution in [-0.4, -0.2) is 76.1 Å². The van der Waals surface area contributed by atoms with Crippen molar-refractivity contribution in [3.63, 3.8) is 0 Å². The number of ether oxygens (including phenoxy) is 4. The third-order valence-electron chi connectivity index (χ3n) is 4.79. The second-order valence-corrected chi connectivity index (χ2v) is 8.26. The molecule has 0 saturated carbocycles. The molecule has 1 heterocycles. The normalized spacial score (nSPS) is 15.6. The van der Waals surface area contributed by atoms with Crippen molar-refractivity contribution in [3.05, 3.63) is 23.8 Å². The van der Waals surface area contributed by atoms with Crippen molar-refractivity contribution < 1.29 is 28.5 Å². The van der Waals surface area contributed by atoms with E-state index in [0.29, 0.717) is 31.3 Å². The van der Waals surface area contributed by atoms with Gasteiger partial charge in [-0.1, -0.05) is 6.07 Å². The standard InChI is InChI=1S/C22H35N3O6/c1-22(2,3)31-21(27)23-9-8-20(26)24-15-17(25-10-12-30-13-11-25)16-6-7-18(28-4)19(14-16)29-5/h6-7,14,17H,8-13,15H2,1-5H3,(H,23,27)(H,24,26)/t17-/m0/s1. The number of alkyl carbamates (subject to hydrolysis) is 1. The Balaban J connectivity index is 1.96. The Labute approximate surface area is 184 Å². The molecular weight excluding hydrogens is 402 g/mol. The molecule has 0 spiro atoms. The number of carbonyl (C=O) groups excluding carboxylic acids is 2. The highest BCUT2D eigenvalue weighted by molar-refractivity contribution is 5.77. The number of carbonyl (C=O) groups is 2. The highest BCUT2D eigenvalue weighted by Crippen LogP contribution is 2.32. The number of rotatable bonds is 9. The first-order chi connectivity index (χ1) is 14.7. The molecule has 1 aromatic rings. The van der Waals surface area contributed by atoms with Crippen LogP contribution in [0.2, 0.25) is 0 Å². The molecule has 0 aliphatic carbocycles. The lowest BCUT2D eigenvalue weighted by molar-refractivity contribution is -0.121. The summed E-state index contributed by atoms with van der Waals surface area (Å²) in [6.07, 6.45) is -0.363. The summed E-state index contributed by atoms with van der Waals surface area (Å²) in [5.74, 6) is 1.16. The molecule has 0 bridgehead atoms. The quantitative estimate of drug-likeness (QED) is 0.611. The summed E-state index contributed by atoms with van der Waals surface area (Å²) >= 11 is 0. The summed E-state index contributed by atoms with van der Waals surface area (Å²) in [6, 6.07) is 5.76. The molecule has 0 radical (unpaired) electrons. The molecular formula is C22H35N3O6. The number of amides is 2.